The quantitative estimate of drug-likeness (QED) is 0.145. The van der Waals surface area contributed by atoms with E-state index in [9.17, 15) is 14.7 Å². The number of carbonyl (C=O) groups is 2. The van der Waals surface area contributed by atoms with Crippen molar-refractivity contribution in [3.05, 3.63) is 101 Å². The first-order chi connectivity index (χ1) is 20.0. The van der Waals surface area contributed by atoms with Crippen molar-refractivity contribution in [3.8, 4) is 11.5 Å². The van der Waals surface area contributed by atoms with Crippen LogP contribution in [0.2, 0.25) is 0 Å². The maximum Gasteiger partial charge on any atom is 0.295 e. The molecule has 0 aromatic heterocycles. The molecule has 1 amide bonds. The Bertz CT molecular complexity index is 1320. The van der Waals surface area contributed by atoms with Crippen molar-refractivity contribution in [2.45, 2.75) is 46.3 Å². The zero-order chi connectivity index (χ0) is 29.2. The Kier molecular flexibility index (Phi) is 10.6. The van der Waals surface area contributed by atoms with Gasteiger partial charge in [-0.05, 0) is 80.0 Å². The molecule has 1 saturated heterocycles. The molecular formula is C34H40N2O5. The summed E-state index contributed by atoms with van der Waals surface area (Å²) in [7, 11) is 0. The highest BCUT2D eigenvalue weighted by molar-refractivity contribution is 6.46. The molecule has 7 nitrogen and oxygen atoms in total. The highest BCUT2D eigenvalue weighted by Gasteiger charge is 2.45. The van der Waals surface area contributed by atoms with Crippen LogP contribution in [0.5, 0.6) is 11.5 Å². The van der Waals surface area contributed by atoms with Crippen LogP contribution in [-0.2, 0) is 16.2 Å². The topological polar surface area (TPSA) is 79.3 Å². The number of hydrogen-bond donors (Lipinski definition) is 1. The Balaban J connectivity index is 1.62. The zero-order valence-corrected chi connectivity index (χ0v) is 24.2. The number of hydrogen-bond acceptors (Lipinski definition) is 6. The normalized spacial score (nSPS) is 16.4. The molecule has 1 aliphatic heterocycles. The fourth-order valence-corrected chi connectivity index (χ4v) is 5.03. The Morgan fingerprint density at radius 3 is 2.12 bits per heavy atom. The molecule has 216 valence electrons. The highest BCUT2D eigenvalue weighted by Crippen LogP contribution is 2.40. The van der Waals surface area contributed by atoms with Gasteiger partial charge in [-0.1, -0.05) is 63.2 Å². The summed E-state index contributed by atoms with van der Waals surface area (Å²) >= 11 is 0. The molecule has 1 heterocycles. The molecular weight excluding hydrogens is 516 g/mol. The Hall–Kier alpha value is -4.10. The van der Waals surface area contributed by atoms with Crippen molar-refractivity contribution in [1.82, 2.24) is 9.80 Å². The molecule has 4 rings (SSSR count). The summed E-state index contributed by atoms with van der Waals surface area (Å²) in [6.45, 7) is 10.3. The van der Waals surface area contributed by atoms with Gasteiger partial charge in [0.15, 0.2) is 0 Å². The lowest BCUT2D eigenvalue weighted by Crippen LogP contribution is -2.33. The minimum Gasteiger partial charge on any atom is -0.507 e. The fraction of sp³-hybridized carbons (Fsp3) is 0.353. The molecule has 1 atom stereocenters. The molecule has 0 spiro atoms. The van der Waals surface area contributed by atoms with E-state index >= 15 is 0 Å². The lowest BCUT2D eigenvalue weighted by molar-refractivity contribution is -0.140. The van der Waals surface area contributed by atoms with Gasteiger partial charge in [0.25, 0.3) is 11.7 Å². The largest absolute Gasteiger partial charge is 0.507 e. The molecule has 0 radical (unpaired) electrons. The number of benzene rings is 3. The van der Waals surface area contributed by atoms with Crippen molar-refractivity contribution in [2.24, 2.45) is 0 Å². The van der Waals surface area contributed by atoms with E-state index in [1.165, 1.54) is 0 Å². The van der Waals surface area contributed by atoms with Gasteiger partial charge in [0.05, 0.1) is 18.2 Å². The maximum absolute atomic E-state index is 13.4. The SMILES string of the molecule is CCCOc1ccc(C2C(=C(O)c3ccc(OCc4ccccc4)cc3)C(=O)C(=O)N2CCCN(CC)CC)cc1. The molecule has 1 unspecified atom stereocenters. The van der Waals surface area contributed by atoms with Crippen LogP contribution in [0.3, 0.4) is 0 Å². The second kappa shape index (κ2) is 14.5. The third-order valence-electron chi connectivity index (χ3n) is 7.35. The van der Waals surface area contributed by atoms with E-state index in [4.69, 9.17) is 9.47 Å². The summed E-state index contributed by atoms with van der Waals surface area (Å²) in [6, 6.07) is 23.5. The van der Waals surface area contributed by atoms with Gasteiger partial charge in [-0.15, -0.1) is 0 Å². The van der Waals surface area contributed by atoms with Crippen molar-refractivity contribution >= 4 is 17.4 Å². The lowest BCUT2D eigenvalue weighted by atomic mass is 9.95. The molecule has 0 bridgehead atoms. The first-order valence-electron chi connectivity index (χ1n) is 14.5. The van der Waals surface area contributed by atoms with E-state index in [1.807, 2.05) is 61.5 Å². The smallest absolute Gasteiger partial charge is 0.295 e. The number of ether oxygens (including phenoxy) is 2. The molecule has 1 fully saturated rings. The molecule has 0 saturated carbocycles. The van der Waals surface area contributed by atoms with E-state index in [2.05, 4.69) is 18.7 Å². The third-order valence-corrected chi connectivity index (χ3v) is 7.35. The van der Waals surface area contributed by atoms with Crippen LogP contribution in [0, 0.1) is 0 Å². The minimum atomic E-state index is -0.694. The van der Waals surface area contributed by atoms with Gasteiger partial charge in [0.2, 0.25) is 0 Å². The van der Waals surface area contributed by atoms with E-state index in [0.717, 1.165) is 49.4 Å². The molecule has 7 heteroatoms. The second-order valence-corrected chi connectivity index (χ2v) is 10.1. The molecule has 41 heavy (non-hydrogen) atoms. The Morgan fingerprint density at radius 1 is 0.854 bits per heavy atom. The van der Waals surface area contributed by atoms with Crippen LogP contribution in [0.4, 0.5) is 0 Å². The summed E-state index contributed by atoms with van der Waals surface area (Å²) in [5.41, 5.74) is 2.34. The first-order valence-corrected chi connectivity index (χ1v) is 14.5. The number of amides is 1. The maximum atomic E-state index is 13.4. The second-order valence-electron chi connectivity index (χ2n) is 10.1. The molecule has 1 aliphatic rings. The molecule has 0 aliphatic carbocycles. The van der Waals surface area contributed by atoms with Gasteiger partial charge in [0, 0.05) is 12.1 Å². The number of ketones is 1. The van der Waals surface area contributed by atoms with Gasteiger partial charge < -0.3 is 24.4 Å². The van der Waals surface area contributed by atoms with Gasteiger partial charge in [-0.3, -0.25) is 9.59 Å². The van der Waals surface area contributed by atoms with Crippen molar-refractivity contribution in [3.63, 3.8) is 0 Å². The third kappa shape index (κ3) is 7.35. The monoisotopic (exact) mass is 556 g/mol. The highest BCUT2D eigenvalue weighted by atomic mass is 16.5. The first kappa shape index (κ1) is 29.9. The predicted molar refractivity (Wildman–Crippen MR) is 161 cm³/mol. The fourth-order valence-electron chi connectivity index (χ4n) is 5.03. The summed E-state index contributed by atoms with van der Waals surface area (Å²) in [6.07, 6.45) is 1.61. The van der Waals surface area contributed by atoms with Crippen molar-refractivity contribution in [2.75, 3.05) is 32.8 Å². The Labute approximate surface area is 243 Å². The van der Waals surface area contributed by atoms with Gasteiger partial charge in [-0.25, -0.2) is 0 Å². The van der Waals surface area contributed by atoms with Gasteiger partial charge >= 0.3 is 0 Å². The summed E-state index contributed by atoms with van der Waals surface area (Å²) < 4.78 is 11.6. The van der Waals surface area contributed by atoms with E-state index in [1.54, 1.807) is 29.2 Å². The predicted octanol–water partition coefficient (Wildman–Crippen LogP) is 6.21. The number of nitrogens with zero attached hydrogens (tertiary/aromatic N) is 2. The number of aliphatic hydroxyl groups excluding tert-OH is 1. The zero-order valence-electron chi connectivity index (χ0n) is 24.2. The van der Waals surface area contributed by atoms with E-state index < -0.39 is 17.7 Å². The Morgan fingerprint density at radius 2 is 1.49 bits per heavy atom. The van der Waals surface area contributed by atoms with Crippen LogP contribution >= 0.6 is 0 Å². The van der Waals surface area contributed by atoms with Crippen LogP contribution in [-0.4, -0.2) is 59.4 Å². The standard InChI is InChI=1S/C34H40N2O5/c1-4-23-40-28-17-13-26(14-18-28)31-30(33(38)34(39)36(31)22-10-21-35(5-2)6-3)32(37)27-15-19-29(20-16-27)41-24-25-11-8-7-9-12-25/h7-9,11-20,31,37H,4-6,10,21-24H2,1-3H3. The van der Waals surface area contributed by atoms with Crippen LogP contribution in [0.1, 0.15) is 56.3 Å². The molecule has 3 aromatic carbocycles. The number of aliphatic hydroxyl groups is 1. The summed E-state index contributed by atoms with van der Waals surface area (Å²) in [5, 5.41) is 11.4. The van der Waals surface area contributed by atoms with Crippen LogP contribution in [0.15, 0.2) is 84.4 Å². The summed E-state index contributed by atoms with van der Waals surface area (Å²) in [4.78, 5) is 30.6. The summed E-state index contributed by atoms with van der Waals surface area (Å²) in [5.74, 6) is -0.0987. The lowest BCUT2D eigenvalue weighted by Gasteiger charge is -2.27. The van der Waals surface area contributed by atoms with Crippen LogP contribution in [0.25, 0.3) is 5.76 Å². The van der Waals surface area contributed by atoms with Crippen molar-refractivity contribution in [1.29, 1.82) is 0 Å². The van der Waals surface area contributed by atoms with E-state index in [-0.39, 0.29) is 11.3 Å². The van der Waals surface area contributed by atoms with Gasteiger partial charge in [0.1, 0.15) is 23.9 Å². The minimum absolute atomic E-state index is 0.0954. The van der Waals surface area contributed by atoms with Crippen LogP contribution < -0.4 is 9.47 Å². The van der Waals surface area contributed by atoms with Gasteiger partial charge in [-0.2, -0.15) is 0 Å². The number of Topliss-reactive ketones (excluding diaryl/α,β-unsaturated/α-hetero) is 1. The number of likely N-dealkylation sites (tertiary alicyclic amines) is 1. The average molecular weight is 557 g/mol. The number of carbonyl (C=O) groups excluding carboxylic acids is 2. The number of rotatable bonds is 14. The molecule has 3 aromatic rings. The van der Waals surface area contributed by atoms with E-state index in [0.29, 0.717) is 31.1 Å². The average Bonchev–Trinajstić information content (AvgIpc) is 3.26. The van der Waals surface area contributed by atoms with Crippen molar-refractivity contribution < 1.29 is 24.2 Å². The molecule has 1 N–H and O–H groups in total.